The normalized spacial score (nSPS) is 14.1. The van der Waals surface area contributed by atoms with Crippen molar-refractivity contribution >= 4 is 11.6 Å². The minimum absolute atomic E-state index is 0.130. The van der Waals surface area contributed by atoms with E-state index < -0.39 is 30.4 Å². The van der Waals surface area contributed by atoms with Crippen LogP contribution in [0.5, 0.6) is 0 Å². The summed E-state index contributed by atoms with van der Waals surface area (Å²) in [6.07, 6.45) is -3.62. The predicted molar refractivity (Wildman–Crippen MR) is 59.3 cm³/mol. The van der Waals surface area contributed by atoms with Crippen molar-refractivity contribution in [3.63, 3.8) is 0 Å². The van der Waals surface area contributed by atoms with Gasteiger partial charge in [0.1, 0.15) is 12.2 Å². The largest absolute Gasteiger partial charge is 0.394 e. The van der Waals surface area contributed by atoms with Crippen molar-refractivity contribution in [2.75, 3.05) is 6.61 Å². The lowest BCUT2D eigenvalue weighted by atomic mass is 10.0. The van der Waals surface area contributed by atoms with Crippen LogP contribution in [0.3, 0.4) is 0 Å². The number of carbonyl (C=O) groups excluding carboxylic acids is 2. The molecule has 1 rings (SSSR count). The number of benzene rings is 1. The van der Waals surface area contributed by atoms with Crippen molar-refractivity contribution in [3.8, 4) is 0 Å². The van der Waals surface area contributed by atoms with E-state index >= 15 is 0 Å². The number of ketones is 2. The van der Waals surface area contributed by atoms with Crippen LogP contribution in [0.2, 0.25) is 0 Å². The minimum Gasteiger partial charge on any atom is -0.394 e. The molecule has 5 nitrogen and oxygen atoms in total. The van der Waals surface area contributed by atoms with Crippen LogP contribution in [0.15, 0.2) is 30.3 Å². The standard InChI is InChI=1S/C12H14O5/c13-7-10(15)12(17)11(16)9(14)6-8-4-2-1-3-5-8/h1-5,10,12-13,15,17H,6-7H2/t10-,12+/m0/s1. The Morgan fingerprint density at radius 3 is 2.24 bits per heavy atom. The summed E-state index contributed by atoms with van der Waals surface area (Å²) < 4.78 is 0. The molecule has 0 aliphatic rings. The fourth-order valence-electron chi connectivity index (χ4n) is 1.31. The summed E-state index contributed by atoms with van der Waals surface area (Å²) in [5, 5.41) is 26.8. The van der Waals surface area contributed by atoms with Crippen molar-refractivity contribution in [3.05, 3.63) is 35.9 Å². The van der Waals surface area contributed by atoms with Crippen LogP contribution in [-0.2, 0) is 16.0 Å². The molecule has 0 bridgehead atoms. The molecule has 5 heteroatoms. The molecular formula is C12H14O5. The molecule has 0 radical (unpaired) electrons. The SMILES string of the molecule is O=C(Cc1ccccc1)C(=O)[C@H](O)[C@@H](O)CO. The van der Waals surface area contributed by atoms with Crippen molar-refractivity contribution in [2.45, 2.75) is 18.6 Å². The van der Waals surface area contributed by atoms with Gasteiger partial charge in [-0.3, -0.25) is 9.59 Å². The van der Waals surface area contributed by atoms with Crippen LogP contribution >= 0.6 is 0 Å². The van der Waals surface area contributed by atoms with E-state index in [1.165, 1.54) is 0 Å². The molecule has 0 saturated carbocycles. The van der Waals surface area contributed by atoms with E-state index in [2.05, 4.69) is 0 Å². The summed E-state index contributed by atoms with van der Waals surface area (Å²) >= 11 is 0. The molecule has 2 atom stereocenters. The predicted octanol–water partition coefficient (Wildman–Crippen LogP) is -0.919. The van der Waals surface area contributed by atoms with E-state index in [4.69, 9.17) is 10.2 Å². The number of hydrogen-bond acceptors (Lipinski definition) is 5. The highest BCUT2D eigenvalue weighted by atomic mass is 16.4. The molecule has 0 aromatic heterocycles. The molecule has 3 N–H and O–H groups in total. The topological polar surface area (TPSA) is 94.8 Å². The number of aliphatic hydroxyl groups is 3. The Morgan fingerprint density at radius 1 is 1.12 bits per heavy atom. The van der Waals surface area contributed by atoms with Gasteiger partial charge in [-0.25, -0.2) is 0 Å². The van der Waals surface area contributed by atoms with Crippen molar-refractivity contribution in [1.82, 2.24) is 0 Å². The molecule has 0 aliphatic carbocycles. The van der Waals surface area contributed by atoms with Crippen LogP contribution in [0, 0.1) is 0 Å². The third-order valence-electron chi connectivity index (χ3n) is 2.30. The van der Waals surface area contributed by atoms with Crippen LogP contribution in [0.25, 0.3) is 0 Å². The lowest BCUT2D eigenvalue weighted by Gasteiger charge is -2.13. The van der Waals surface area contributed by atoms with Gasteiger partial charge >= 0.3 is 0 Å². The third-order valence-corrected chi connectivity index (χ3v) is 2.30. The highest BCUT2D eigenvalue weighted by molar-refractivity contribution is 6.39. The van der Waals surface area contributed by atoms with Gasteiger partial charge in [-0.05, 0) is 5.56 Å². The number of carbonyl (C=O) groups is 2. The van der Waals surface area contributed by atoms with Crippen molar-refractivity contribution < 1.29 is 24.9 Å². The molecular weight excluding hydrogens is 224 g/mol. The molecule has 0 unspecified atom stereocenters. The zero-order valence-corrected chi connectivity index (χ0v) is 9.11. The fourth-order valence-corrected chi connectivity index (χ4v) is 1.31. The van der Waals surface area contributed by atoms with Gasteiger partial charge in [0.15, 0.2) is 0 Å². The molecule has 1 aromatic rings. The average Bonchev–Trinajstić information content (AvgIpc) is 2.37. The Hall–Kier alpha value is -1.56. The Morgan fingerprint density at radius 2 is 1.71 bits per heavy atom. The second-order valence-electron chi connectivity index (χ2n) is 3.64. The third kappa shape index (κ3) is 3.74. The highest BCUT2D eigenvalue weighted by Gasteiger charge is 2.28. The zero-order valence-electron chi connectivity index (χ0n) is 9.11. The second-order valence-corrected chi connectivity index (χ2v) is 3.64. The van der Waals surface area contributed by atoms with Gasteiger partial charge in [0.05, 0.1) is 6.61 Å². The number of rotatable bonds is 6. The summed E-state index contributed by atoms with van der Waals surface area (Å²) in [6, 6.07) is 8.60. The van der Waals surface area contributed by atoms with Gasteiger partial charge in [0, 0.05) is 6.42 Å². The van der Waals surface area contributed by atoms with Crippen LogP contribution in [-0.4, -0.2) is 45.7 Å². The Balaban J connectivity index is 2.62. The highest BCUT2D eigenvalue weighted by Crippen LogP contribution is 2.03. The maximum absolute atomic E-state index is 11.5. The monoisotopic (exact) mass is 238 g/mol. The maximum atomic E-state index is 11.5. The first-order valence-electron chi connectivity index (χ1n) is 5.14. The van der Waals surface area contributed by atoms with Gasteiger partial charge < -0.3 is 15.3 Å². The first-order valence-corrected chi connectivity index (χ1v) is 5.14. The van der Waals surface area contributed by atoms with E-state index in [0.717, 1.165) is 0 Å². The summed E-state index contributed by atoms with van der Waals surface area (Å²) in [6.45, 7) is -0.772. The van der Waals surface area contributed by atoms with Gasteiger partial charge in [-0.15, -0.1) is 0 Å². The molecule has 0 aliphatic heterocycles. The average molecular weight is 238 g/mol. The van der Waals surface area contributed by atoms with Gasteiger partial charge in [-0.1, -0.05) is 30.3 Å². The molecule has 1 aromatic carbocycles. The lowest BCUT2D eigenvalue weighted by molar-refractivity contribution is -0.146. The Bertz CT molecular complexity index is 387. The lowest BCUT2D eigenvalue weighted by Crippen LogP contribution is -2.40. The number of Topliss-reactive ketones (excluding diaryl/α,β-unsaturated/α-hetero) is 2. The molecule has 92 valence electrons. The van der Waals surface area contributed by atoms with Crippen LogP contribution < -0.4 is 0 Å². The summed E-state index contributed by atoms with van der Waals surface area (Å²) in [5.41, 5.74) is 0.650. The quantitative estimate of drug-likeness (QED) is 0.557. The molecule has 0 amide bonds. The van der Waals surface area contributed by atoms with Crippen LogP contribution in [0.1, 0.15) is 5.56 Å². The van der Waals surface area contributed by atoms with Crippen LogP contribution in [0.4, 0.5) is 0 Å². The summed E-state index contributed by atoms with van der Waals surface area (Å²) in [7, 11) is 0. The van der Waals surface area contributed by atoms with Gasteiger partial charge in [-0.2, -0.15) is 0 Å². The van der Waals surface area contributed by atoms with E-state index in [9.17, 15) is 14.7 Å². The van der Waals surface area contributed by atoms with E-state index in [1.807, 2.05) is 0 Å². The first kappa shape index (κ1) is 13.5. The van der Waals surface area contributed by atoms with E-state index in [-0.39, 0.29) is 6.42 Å². The van der Waals surface area contributed by atoms with Gasteiger partial charge in [0.2, 0.25) is 11.6 Å². The van der Waals surface area contributed by atoms with E-state index in [1.54, 1.807) is 30.3 Å². The molecule has 0 saturated heterocycles. The smallest absolute Gasteiger partial charge is 0.229 e. The number of hydrogen-bond donors (Lipinski definition) is 3. The van der Waals surface area contributed by atoms with Gasteiger partial charge in [0.25, 0.3) is 0 Å². The van der Waals surface area contributed by atoms with Crippen molar-refractivity contribution in [2.24, 2.45) is 0 Å². The molecule has 0 fully saturated rings. The Labute approximate surface area is 98.3 Å². The summed E-state index contributed by atoms with van der Waals surface area (Å²) in [4.78, 5) is 22.8. The zero-order chi connectivity index (χ0) is 12.8. The van der Waals surface area contributed by atoms with E-state index in [0.29, 0.717) is 5.56 Å². The molecule has 17 heavy (non-hydrogen) atoms. The first-order chi connectivity index (χ1) is 8.06. The summed E-state index contributed by atoms with van der Waals surface area (Å²) in [5.74, 6) is -1.88. The Kier molecular flexibility index (Phi) is 4.96. The minimum atomic E-state index is -1.86. The number of aliphatic hydroxyl groups excluding tert-OH is 3. The van der Waals surface area contributed by atoms with Crippen molar-refractivity contribution in [1.29, 1.82) is 0 Å². The maximum Gasteiger partial charge on any atom is 0.229 e. The molecule has 0 heterocycles. The molecule has 0 spiro atoms. The fraction of sp³-hybridized carbons (Fsp3) is 0.333. The second kappa shape index (κ2) is 6.24.